The second-order valence-electron chi connectivity index (χ2n) is 7.95. The van der Waals surface area contributed by atoms with Crippen LogP contribution in [0.3, 0.4) is 0 Å². The monoisotopic (exact) mass is 410 g/mol. The lowest BCUT2D eigenvalue weighted by molar-refractivity contribution is 0.169. The summed E-state index contributed by atoms with van der Waals surface area (Å²) in [4.78, 5) is 14.5. The van der Waals surface area contributed by atoms with Gasteiger partial charge in [-0.1, -0.05) is 18.2 Å². The van der Waals surface area contributed by atoms with Gasteiger partial charge in [0.1, 0.15) is 11.5 Å². The Kier molecular flexibility index (Phi) is 6.40. The first-order valence-corrected chi connectivity index (χ1v) is 10.5. The average Bonchev–Trinajstić information content (AvgIpc) is 3.30. The first-order valence-electron chi connectivity index (χ1n) is 10.5. The van der Waals surface area contributed by atoms with E-state index in [0.29, 0.717) is 12.0 Å². The Morgan fingerprint density at radius 2 is 1.70 bits per heavy atom. The summed E-state index contributed by atoms with van der Waals surface area (Å²) >= 11 is 0. The van der Waals surface area contributed by atoms with Gasteiger partial charge in [-0.15, -0.1) is 0 Å². The van der Waals surface area contributed by atoms with Crippen LogP contribution in [-0.2, 0) is 0 Å². The topological polar surface area (TPSA) is 74.9 Å². The fraction of sp³-hybridized carbons (Fsp3) is 0.435. The minimum absolute atomic E-state index is 0.0477. The Balaban J connectivity index is 1.27. The highest BCUT2D eigenvalue weighted by molar-refractivity contribution is 5.89. The van der Waals surface area contributed by atoms with Gasteiger partial charge in [-0.25, -0.2) is 4.79 Å². The lowest BCUT2D eigenvalue weighted by Crippen LogP contribution is -2.45. The highest BCUT2D eigenvalue weighted by Crippen LogP contribution is 2.32. The van der Waals surface area contributed by atoms with E-state index in [9.17, 15) is 4.79 Å². The van der Waals surface area contributed by atoms with Crippen LogP contribution in [0.25, 0.3) is 0 Å². The Morgan fingerprint density at radius 1 is 1.00 bits per heavy atom. The smallest absolute Gasteiger partial charge is 0.321 e. The number of benzene rings is 2. The number of nitrogens with one attached hydrogen (secondary N) is 3. The zero-order chi connectivity index (χ0) is 20.9. The number of hydrogen-bond acceptors (Lipinski definition) is 5. The van der Waals surface area contributed by atoms with E-state index in [0.717, 1.165) is 49.5 Å². The minimum atomic E-state index is -0.0477. The van der Waals surface area contributed by atoms with E-state index in [1.807, 2.05) is 41.3 Å². The summed E-state index contributed by atoms with van der Waals surface area (Å²) in [5.41, 5.74) is 8.91. The molecule has 2 aliphatic rings. The first kappa shape index (κ1) is 20.5. The molecule has 4 rings (SSSR count). The third kappa shape index (κ3) is 4.68. The standard InChI is InChI=1S/C23H30N4O3/c1-29-19-7-3-5-17(13-19)22-15-21(25-26-22)16-9-11-27(12-10-16)23(28)24-18-6-4-8-20(14-18)30-2/h3-8,13-14,16,21-22,25-26H,9-12,15H2,1-2H3,(H,24,28). The number of hydrazine groups is 1. The molecule has 30 heavy (non-hydrogen) atoms. The van der Waals surface area contributed by atoms with Crippen molar-refractivity contribution in [3.8, 4) is 11.5 Å². The van der Waals surface area contributed by atoms with Crippen molar-refractivity contribution in [3.63, 3.8) is 0 Å². The van der Waals surface area contributed by atoms with Gasteiger partial charge in [0.2, 0.25) is 0 Å². The number of urea groups is 1. The molecule has 0 aromatic heterocycles. The van der Waals surface area contributed by atoms with Gasteiger partial charge in [-0.05, 0) is 55.0 Å². The van der Waals surface area contributed by atoms with Crippen molar-refractivity contribution in [2.24, 2.45) is 5.92 Å². The summed E-state index contributed by atoms with van der Waals surface area (Å²) in [5, 5.41) is 2.98. The van der Waals surface area contributed by atoms with E-state index < -0.39 is 0 Å². The van der Waals surface area contributed by atoms with Gasteiger partial charge in [0.25, 0.3) is 0 Å². The molecule has 2 fully saturated rings. The molecule has 0 aliphatic carbocycles. The zero-order valence-electron chi connectivity index (χ0n) is 17.6. The van der Waals surface area contributed by atoms with E-state index in [4.69, 9.17) is 9.47 Å². The number of piperidine rings is 1. The number of ether oxygens (including phenoxy) is 2. The van der Waals surface area contributed by atoms with Gasteiger partial charge in [0.15, 0.2) is 0 Å². The van der Waals surface area contributed by atoms with E-state index in [1.54, 1.807) is 14.2 Å². The number of likely N-dealkylation sites (tertiary alicyclic amines) is 1. The lowest BCUT2D eigenvalue weighted by Gasteiger charge is -2.34. The maximum absolute atomic E-state index is 12.6. The molecule has 160 valence electrons. The molecule has 2 aromatic rings. The number of carbonyl (C=O) groups excluding carboxylic acids is 1. The van der Waals surface area contributed by atoms with E-state index >= 15 is 0 Å². The van der Waals surface area contributed by atoms with Crippen molar-refractivity contribution >= 4 is 11.7 Å². The van der Waals surface area contributed by atoms with E-state index in [2.05, 4.69) is 28.3 Å². The Hall–Kier alpha value is -2.77. The van der Waals surface area contributed by atoms with Crippen molar-refractivity contribution in [2.75, 3.05) is 32.6 Å². The number of nitrogens with zero attached hydrogens (tertiary/aromatic N) is 1. The van der Waals surface area contributed by atoms with Crippen LogP contribution in [0, 0.1) is 5.92 Å². The predicted octanol–water partition coefficient (Wildman–Crippen LogP) is 3.56. The van der Waals surface area contributed by atoms with Gasteiger partial charge < -0.3 is 19.7 Å². The summed E-state index contributed by atoms with van der Waals surface area (Å²) in [5.74, 6) is 2.17. The second-order valence-corrected chi connectivity index (χ2v) is 7.95. The summed E-state index contributed by atoms with van der Waals surface area (Å²) in [6.07, 6.45) is 3.03. The summed E-state index contributed by atoms with van der Waals surface area (Å²) in [7, 11) is 3.32. The number of hydrogen-bond donors (Lipinski definition) is 3. The van der Waals surface area contributed by atoms with Crippen LogP contribution in [0.4, 0.5) is 10.5 Å². The molecule has 7 heteroatoms. The molecule has 0 bridgehead atoms. The fourth-order valence-corrected chi connectivity index (χ4v) is 4.38. The summed E-state index contributed by atoms with van der Waals surface area (Å²) in [6.45, 7) is 1.53. The molecule has 2 unspecified atom stereocenters. The van der Waals surface area contributed by atoms with Crippen LogP contribution in [0.1, 0.15) is 30.9 Å². The maximum Gasteiger partial charge on any atom is 0.321 e. The molecule has 2 aliphatic heterocycles. The highest BCUT2D eigenvalue weighted by Gasteiger charge is 2.34. The second kappa shape index (κ2) is 9.36. The summed E-state index contributed by atoms with van der Waals surface area (Å²) in [6, 6.07) is 16.3. The van der Waals surface area contributed by atoms with Crippen LogP contribution in [0.5, 0.6) is 11.5 Å². The van der Waals surface area contributed by atoms with Gasteiger partial charge in [0, 0.05) is 36.9 Å². The van der Waals surface area contributed by atoms with Gasteiger partial charge >= 0.3 is 6.03 Å². The molecule has 2 saturated heterocycles. The number of methoxy groups -OCH3 is 2. The van der Waals surface area contributed by atoms with Crippen LogP contribution in [0.2, 0.25) is 0 Å². The number of rotatable bonds is 5. The zero-order valence-corrected chi connectivity index (χ0v) is 17.6. The third-order valence-corrected chi connectivity index (χ3v) is 6.15. The SMILES string of the molecule is COc1cccc(NC(=O)N2CCC(C3CC(c4cccc(OC)c4)NN3)CC2)c1. The maximum atomic E-state index is 12.6. The molecular formula is C23H30N4O3. The van der Waals surface area contributed by atoms with Crippen molar-refractivity contribution in [1.29, 1.82) is 0 Å². The molecular weight excluding hydrogens is 380 g/mol. The number of amides is 2. The van der Waals surface area contributed by atoms with Gasteiger partial charge in [0.05, 0.1) is 14.2 Å². The lowest BCUT2D eigenvalue weighted by atomic mass is 9.86. The molecule has 2 amide bonds. The molecule has 0 saturated carbocycles. The van der Waals surface area contributed by atoms with E-state index in [-0.39, 0.29) is 12.1 Å². The molecule has 0 spiro atoms. The minimum Gasteiger partial charge on any atom is -0.497 e. The number of carbonyl (C=O) groups is 1. The van der Waals surface area contributed by atoms with Crippen molar-refractivity contribution < 1.29 is 14.3 Å². The molecule has 3 N–H and O–H groups in total. The Morgan fingerprint density at radius 3 is 2.43 bits per heavy atom. The quantitative estimate of drug-likeness (QED) is 0.703. The normalized spacial score (nSPS) is 22.0. The van der Waals surface area contributed by atoms with E-state index in [1.165, 1.54) is 5.56 Å². The van der Waals surface area contributed by atoms with Crippen LogP contribution < -0.4 is 25.6 Å². The van der Waals surface area contributed by atoms with Crippen molar-refractivity contribution in [3.05, 3.63) is 54.1 Å². The van der Waals surface area contributed by atoms with Crippen LogP contribution in [-0.4, -0.2) is 44.3 Å². The Labute approximate surface area is 177 Å². The van der Waals surface area contributed by atoms with Crippen LogP contribution >= 0.6 is 0 Å². The van der Waals surface area contributed by atoms with Crippen LogP contribution in [0.15, 0.2) is 48.5 Å². The van der Waals surface area contributed by atoms with Crippen molar-refractivity contribution in [2.45, 2.75) is 31.3 Å². The van der Waals surface area contributed by atoms with Gasteiger partial charge in [-0.2, -0.15) is 0 Å². The Bertz CT molecular complexity index is 867. The van der Waals surface area contributed by atoms with Crippen molar-refractivity contribution in [1.82, 2.24) is 15.8 Å². The molecule has 0 radical (unpaired) electrons. The molecule has 2 aromatic carbocycles. The summed E-state index contributed by atoms with van der Waals surface area (Å²) < 4.78 is 10.6. The molecule has 7 nitrogen and oxygen atoms in total. The number of anilines is 1. The molecule has 2 atom stereocenters. The first-order chi connectivity index (χ1) is 14.7. The predicted molar refractivity (Wildman–Crippen MR) is 117 cm³/mol. The highest BCUT2D eigenvalue weighted by atomic mass is 16.5. The van der Waals surface area contributed by atoms with Gasteiger partial charge in [-0.3, -0.25) is 10.9 Å². The third-order valence-electron chi connectivity index (χ3n) is 6.15. The molecule has 2 heterocycles. The largest absolute Gasteiger partial charge is 0.497 e. The fourth-order valence-electron chi connectivity index (χ4n) is 4.38. The average molecular weight is 411 g/mol.